The van der Waals surface area contributed by atoms with Crippen molar-refractivity contribution < 1.29 is 0 Å². The second-order valence-corrected chi connectivity index (χ2v) is 5.11. The number of hydrogen-bond acceptors (Lipinski definition) is 4. The van der Waals surface area contributed by atoms with Crippen LogP contribution in [0.5, 0.6) is 0 Å². The van der Waals surface area contributed by atoms with Crippen molar-refractivity contribution in [3.05, 3.63) is 5.01 Å². The molecule has 0 aromatic carbocycles. The van der Waals surface area contributed by atoms with E-state index in [1.165, 1.54) is 19.3 Å². The van der Waals surface area contributed by atoms with Gasteiger partial charge in [-0.05, 0) is 26.2 Å². The van der Waals surface area contributed by atoms with Gasteiger partial charge in [-0.15, -0.1) is 21.8 Å². The molecule has 1 heterocycles. The maximum absolute atomic E-state index is 5.79. The second-order valence-electron chi connectivity index (χ2n) is 3.57. The second kappa shape index (κ2) is 4.45. The lowest BCUT2D eigenvalue weighted by atomic mass is 9.92. The Labute approximate surface area is 93.1 Å². The molecule has 0 unspecified atom stereocenters. The highest BCUT2D eigenvalue weighted by atomic mass is 35.5. The van der Waals surface area contributed by atoms with E-state index in [0.717, 1.165) is 16.7 Å². The molecule has 3 nitrogen and oxygen atoms in total. The fourth-order valence-corrected chi connectivity index (χ4v) is 2.59. The largest absolute Gasteiger partial charge is 0.342 e. The molecule has 1 aliphatic carbocycles. The summed E-state index contributed by atoms with van der Waals surface area (Å²) in [4.78, 5) is 2.31. The molecule has 0 saturated heterocycles. The Balaban J connectivity index is 2.09. The molecule has 0 atom stereocenters. The summed E-state index contributed by atoms with van der Waals surface area (Å²) in [5.41, 5.74) is 0. The topological polar surface area (TPSA) is 29.0 Å². The molecule has 14 heavy (non-hydrogen) atoms. The molecule has 0 bridgehead atoms. The Morgan fingerprint density at radius 2 is 2.29 bits per heavy atom. The van der Waals surface area contributed by atoms with Crippen molar-refractivity contribution in [1.82, 2.24) is 10.2 Å². The average Bonchev–Trinajstić information content (AvgIpc) is 2.48. The number of nitrogens with zero attached hydrogens (tertiary/aromatic N) is 3. The molecule has 2 rings (SSSR count). The van der Waals surface area contributed by atoms with E-state index in [4.69, 9.17) is 11.6 Å². The number of anilines is 1. The van der Waals surface area contributed by atoms with Crippen LogP contribution in [-0.2, 0) is 0 Å². The van der Waals surface area contributed by atoms with Gasteiger partial charge >= 0.3 is 0 Å². The van der Waals surface area contributed by atoms with Gasteiger partial charge in [0.1, 0.15) is 5.01 Å². The van der Waals surface area contributed by atoms with Gasteiger partial charge in [-0.25, -0.2) is 0 Å². The Kier molecular flexibility index (Phi) is 3.23. The van der Waals surface area contributed by atoms with Gasteiger partial charge in [0.15, 0.2) is 0 Å². The molecule has 78 valence electrons. The number of aryl methyl sites for hydroxylation is 1. The predicted octanol–water partition coefficient (Wildman–Crippen LogP) is 2.44. The van der Waals surface area contributed by atoms with Gasteiger partial charge in [0, 0.05) is 18.5 Å². The molecule has 0 spiro atoms. The lowest BCUT2D eigenvalue weighted by molar-refractivity contribution is 0.390. The van der Waals surface area contributed by atoms with Crippen molar-refractivity contribution in [2.75, 3.05) is 17.3 Å². The monoisotopic (exact) mass is 231 g/mol. The maximum Gasteiger partial charge on any atom is 0.208 e. The van der Waals surface area contributed by atoms with Gasteiger partial charge in [0.2, 0.25) is 5.13 Å². The van der Waals surface area contributed by atoms with E-state index < -0.39 is 0 Å². The minimum atomic E-state index is 0.654. The zero-order valence-electron chi connectivity index (χ0n) is 8.24. The van der Waals surface area contributed by atoms with Crippen molar-refractivity contribution in [2.24, 2.45) is 0 Å². The van der Waals surface area contributed by atoms with Crippen molar-refractivity contribution in [3.63, 3.8) is 0 Å². The highest BCUT2D eigenvalue weighted by Gasteiger charge is 2.26. The summed E-state index contributed by atoms with van der Waals surface area (Å²) in [6.07, 6.45) is 3.88. The first kappa shape index (κ1) is 10.2. The van der Waals surface area contributed by atoms with E-state index in [1.807, 2.05) is 6.92 Å². The highest BCUT2D eigenvalue weighted by molar-refractivity contribution is 7.15. The van der Waals surface area contributed by atoms with Gasteiger partial charge in [-0.3, -0.25) is 0 Å². The molecule has 1 aliphatic rings. The van der Waals surface area contributed by atoms with E-state index in [-0.39, 0.29) is 0 Å². The SMILES string of the molecule is Cc1nnc(N(CCCl)C2CCC2)s1. The normalized spacial score (nSPS) is 16.7. The van der Waals surface area contributed by atoms with Crippen LogP contribution in [0, 0.1) is 6.92 Å². The van der Waals surface area contributed by atoms with Crippen LogP contribution >= 0.6 is 22.9 Å². The molecule has 1 fully saturated rings. The molecule has 0 N–H and O–H groups in total. The van der Waals surface area contributed by atoms with Gasteiger partial charge in [-0.1, -0.05) is 11.3 Å². The van der Waals surface area contributed by atoms with E-state index >= 15 is 0 Å². The van der Waals surface area contributed by atoms with Crippen LogP contribution in [0.4, 0.5) is 5.13 Å². The molecule has 0 radical (unpaired) electrons. The Morgan fingerprint density at radius 1 is 1.50 bits per heavy atom. The third-order valence-corrected chi connectivity index (χ3v) is 3.65. The summed E-state index contributed by atoms with van der Waals surface area (Å²) in [6.45, 7) is 2.88. The van der Waals surface area contributed by atoms with Crippen LogP contribution in [0.2, 0.25) is 0 Å². The molecule has 1 aromatic rings. The fraction of sp³-hybridized carbons (Fsp3) is 0.778. The van der Waals surface area contributed by atoms with E-state index in [1.54, 1.807) is 11.3 Å². The van der Waals surface area contributed by atoms with Crippen LogP contribution < -0.4 is 4.90 Å². The van der Waals surface area contributed by atoms with Gasteiger partial charge in [0.05, 0.1) is 0 Å². The zero-order valence-corrected chi connectivity index (χ0v) is 9.81. The van der Waals surface area contributed by atoms with Crippen LogP contribution in [0.25, 0.3) is 0 Å². The predicted molar refractivity (Wildman–Crippen MR) is 60.4 cm³/mol. The molecule has 0 aliphatic heterocycles. The van der Waals surface area contributed by atoms with Crippen molar-refractivity contribution in [1.29, 1.82) is 0 Å². The quantitative estimate of drug-likeness (QED) is 0.746. The first-order chi connectivity index (χ1) is 6.81. The summed E-state index contributed by atoms with van der Waals surface area (Å²) in [6, 6.07) is 0.654. The summed E-state index contributed by atoms with van der Waals surface area (Å²) in [5, 5.41) is 10.3. The van der Waals surface area contributed by atoms with Crippen LogP contribution in [0.15, 0.2) is 0 Å². The molecule has 1 aromatic heterocycles. The molecular formula is C9H14ClN3S. The van der Waals surface area contributed by atoms with Crippen molar-refractivity contribution >= 4 is 28.1 Å². The zero-order chi connectivity index (χ0) is 9.97. The smallest absolute Gasteiger partial charge is 0.208 e. The third kappa shape index (κ3) is 2.01. The van der Waals surface area contributed by atoms with E-state index in [0.29, 0.717) is 11.9 Å². The number of aromatic nitrogens is 2. The lowest BCUT2D eigenvalue weighted by Crippen LogP contribution is -2.41. The number of halogens is 1. The summed E-state index contributed by atoms with van der Waals surface area (Å²) in [7, 11) is 0. The molecule has 1 saturated carbocycles. The van der Waals surface area contributed by atoms with E-state index in [9.17, 15) is 0 Å². The Morgan fingerprint density at radius 3 is 2.71 bits per heavy atom. The molecule has 5 heteroatoms. The third-order valence-electron chi connectivity index (χ3n) is 2.60. The van der Waals surface area contributed by atoms with Crippen molar-refractivity contribution in [2.45, 2.75) is 32.2 Å². The minimum Gasteiger partial charge on any atom is -0.342 e. The van der Waals surface area contributed by atoms with Crippen LogP contribution in [-0.4, -0.2) is 28.7 Å². The van der Waals surface area contributed by atoms with Gasteiger partial charge < -0.3 is 4.90 Å². The molecular weight excluding hydrogens is 218 g/mol. The maximum atomic E-state index is 5.79. The first-order valence-corrected chi connectivity index (χ1v) is 6.29. The van der Waals surface area contributed by atoms with Crippen LogP contribution in [0.3, 0.4) is 0 Å². The highest BCUT2D eigenvalue weighted by Crippen LogP contribution is 2.30. The standard InChI is InChI=1S/C9H14ClN3S/c1-7-11-12-9(14-7)13(6-5-10)8-3-2-4-8/h8H,2-6H2,1H3. The van der Waals surface area contributed by atoms with Gasteiger partial charge in [0.25, 0.3) is 0 Å². The summed E-state index contributed by atoms with van der Waals surface area (Å²) < 4.78 is 0. The molecule has 0 amide bonds. The van der Waals surface area contributed by atoms with Crippen molar-refractivity contribution in [3.8, 4) is 0 Å². The van der Waals surface area contributed by atoms with E-state index in [2.05, 4.69) is 15.1 Å². The van der Waals surface area contributed by atoms with Crippen LogP contribution in [0.1, 0.15) is 24.3 Å². The average molecular weight is 232 g/mol. The number of alkyl halides is 1. The van der Waals surface area contributed by atoms with Gasteiger partial charge in [-0.2, -0.15) is 0 Å². The first-order valence-electron chi connectivity index (χ1n) is 4.94. The summed E-state index contributed by atoms with van der Waals surface area (Å²) >= 11 is 7.45. The number of rotatable bonds is 4. The summed E-state index contributed by atoms with van der Waals surface area (Å²) in [5.74, 6) is 0.662. The lowest BCUT2D eigenvalue weighted by Gasteiger charge is -2.36. The Bertz CT molecular complexity index is 298. The fourth-order valence-electron chi connectivity index (χ4n) is 1.63. The Hall–Kier alpha value is -0.350. The minimum absolute atomic E-state index is 0.654. The number of hydrogen-bond donors (Lipinski definition) is 0.